The lowest BCUT2D eigenvalue weighted by Crippen LogP contribution is -2.38. The second-order valence-corrected chi connectivity index (χ2v) is 9.65. The van der Waals surface area contributed by atoms with Crippen molar-refractivity contribution >= 4 is 17.7 Å². The van der Waals surface area contributed by atoms with E-state index in [1.165, 1.54) is 18.2 Å². The number of amides is 1. The number of nitrogens with one attached hydrogen (secondary N) is 1. The summed E-state index contributed by atoms with van der Waals surface area (Å²) in [6.07, 6.45) is 2.75. The van der Waals surface area contributed by atoms with Crippen molar-refractivity contribution in [2.24, 2.45) is 0 Å². The topological polar surface area (TPSA) is 80.8 Å². The van der Waals surface area contributed by atoms with E-state index in [4.69, 9.17) is 9.47 Å². The van der Waals surface area contributed by atoms with Crippen LogP contribution in [0.25, 0.3) is 11.1 Å². The van der Waals surface area contributed by atoms with Gasteiger partial charge in [-0.1, -0.05) is 36.4 Å². The number of carbonyl (C=O) groups is 2. The van der Waals surface area contributed by atoms with Crippen molar-refractivity contribution in [1.82, 2.24) is 9.88 Å². The van der Waals surface area contributed by atoms with Gasteiger partial charge in [-0.3, -0.25) is 9.88 Å². The van der Waals surface area contributed by atoms with Gasteiger partial charge in [-0.05, 0) is 67.6 Å². The molecule has 4 rings (SSSR count). The summed E-state index contributed by atoms with van der Waals surface area (Å²) in [6.45, 7) is 8.48. The van der Waals surface area contributed by atoms with Gasteiger partial charge in [0.2, 0.25) is 0 Å². The van der Waals surface area contributed by atoms with Gasteiger partial charge < -0.3 is 14.8 Å². The van der Waals surface area contributed by atoms with Crippen LogP contribution in [0.2, 0.25) is 0 Å². The van der Waals surface area contributed by atoms with Crippen LogP contribution in [0.5, 0.6) is 0 Å². The number of benzene rings is 2. The first kappa shape index (κ1) is 24.3. The third-order valence-electron chi connectivity index (χ3n) is 6.02. The molecular weight excluding hydrogens is 442 g/mol. The molecule has 2 heterocycles. The number of rotatable bonds is 5. The number of fused-ring (bicyclic) bond motifs is 1. The first-order chi connectivity index (χ1) is 16.7. The van der Waals surface area contributed by atoms with E-state index in [-0.39, 0.29) is 12.1 Å². The van der Waals surface area contributed by atoms with Crippen molar-refractivity contribution in [3.05, 3.63) is 83.2 Å². The Balaban J connectivity index is 1.66. The van der Waals surface area contributed by atoms with Gasteiger partial charge in [0, 0.05) is 12.7 Å². The first-order valence-electron chi connectivity index (χ1n) is 11.6. The van der Waals surface area contributed by atoms with Crippen molar-refractivity contribution in [2.45, 2.75) is 45.9 Å². The molecule has 1 unspecified atom stereocenters. The summed E-state index contributed by atoms with van der Waals surface area (Å²) >= 11 is 0. The number of hydrogen-bond donors (Lipinski definition) is 1. The van der Waals surface area contributed by atoms with E-state index in [1.807, 2.05) is 32.9 Å². The largest absolute Gasteiger partial charge is 0.465 e. The molecule has 7 heteroatoms. The fourth-order valence-electron chi connectivity index (χ4n) is 4.36. The molecule has 1 aliphatic rings. The van der Waals surface area contributed by atoms with Gasteiger partial charge in [-0.25, -0.2) is 9.59 Å². The molecule has 0 bridgehead atoms. The highest BCUT2D eigenvalue weighted by Gasteiger charge is 2.36. The van der Waals surface area contributed by atoms with Crippen LogP contribution in [0.4, 0.5) is 10.5 Å². The van der Waals surface area contributed by atoms with Crippen molar-refractivity contribution < 1.29 is 19.1 Å². The van der Waals surface area contributed by atoms with E-state index in [0.29, 0.717) is 24.3 Å². The number of hydrogen-bond acceptors (Lipinski definition) is 6. The molecule has 1 aliphatic heterocycles. The molecule has 35 heavy (non-hydrogen) atoms. The maximum Gasteiger partial charge on any atom is 0.411 e. The molecule has 0 saturated heterocycles. The van der Waals surface area contributed by atoms with E-state index in [2.05, 4.69) is 47.6 Å². The number of pyridine rings is 1. The molecule has 0 spiro atoms. The minimum atomic E-state index is -0.614. The molecule has 1 amide bonds. The zero-order chi connectivity index (χ0) is 25.2. The average Bonchev–Trinajstić information content (AvgIpc) is 3.19. The Labute approximate surface area is 206 Å². The zero-order valence-corrected chi connectivity index (χ0v) is 20.8. The summed E-state index contributed by atoms with van der Waals surface area (Å²) in [5.74, 6) is -0.450. The number of esters is 1. The molecule has 0 fully saturated rings. The van der Waals surface area contributed by atoms with Gasteiger partial charge in [-0.15, -0.1) is 0 Å². The maximum absolute atomic E-state index is 13.2. The Morgan fingerprint density at radius 2 is 1.91 bits per heavy atom. The molecule has 0 radical (unpaired) electrons. The summed E-state index contributed by atoms with van der Waals surface area (Å²) < 4.78 is 10.6. The lowest BCUT2D eigenvalue weighted by atomic mass is 9.95. The summed E-state index contributed by atoms with van der Waals surface area (Å²) in [5.41, 5.74) is 5.91. The van der Waals surface area contributed by atoms with Crippen molar-refractivity contribution in [3.8, 4) is 11.1 Å². The van der Waals surface area contributed by atoms with Crippen LogP contribution >= 0.6 is 0 Å². The van der Waals surface area contributed by atoms with Gasteiger partial charge in [-0.2, -0.15) is 0 Å². The highest BCUT2D eigenvalue weighted by molar-refractivity contribution is 5.95. The predicted octanol–water partition coefficient (Wildman–Crippen LogP) is 5.75. The number of nitrogens with zero attached hydrogens (tertiary/aromatic N) is 2. The Hall–Kier alpha value is -3.87. The zero-order valence-electron chi connectivity index (χ0n) is 20.8. The number of carbonyl (C=O) groups excluding carboxylic acids is 2. The van der Waals surface area contributed by atoms with E-state index < -0.39 is 11.6 Å². The van der Waals surface area contributed by atoms with Crippen LogP contribution in [0, 0.1) is 6.92 Å². The Morgan fingerprint density at radius 1 is 1.14 bits per heavy atom. The lowest BCUT2D eigenvalue weighted by molar-refractivity contribution is 0.0182. The third kappa shape index (κ3) is 5.29. The summed E-state index contributed by atoms with van der Waals surface area (Å²) in [7, 11) is 1.34. The standard InChI is InChI=1S/C28H31N3O4/c1-18-8-6-7-9-21(18)19-10-11-22-20(14-19)17-31(27(33)35-28(2,3)4)25(22)16-30-24-15-29-13-12-23(24)26(32)34-5/h6-15,25,30H,16-17H2,1-5H3. The number of ether oxygens (including phenoxy) is 2. The number of anilines is 1. The van der Waals surface area contributed by atoms with Gasteiger partial charge in [0.1, 0.15) is 5.60 Å². The van der Waals surface area contributed by atoms with Crippen LogP contribution in [-0.2, 0) is 16.0 Å². The highest BCUT2D eigenvalue weighted by Crippen LogP contribution is 2.38. The number of methoxy groups -OCH3 is 1. The molecule has 182 valence electrons. The Morgan fingerprint density at radius 3 is 2.63 bits per heavy atom. The molecule has 3 aromatic rings. The van der Waals surface area contributed by atoms with Gasteiger partial charge in [0.25, 0.3) is 0 Å². The highest BCUT2D eigenvalue weighted by atomic mass is 16.6. The molecule has 2 aromatic carbocycles. The van der Waals surface area contributed by atoms with Crippen LogP contribution in [0.15, 0.2) is 60.9 Å². The van der Waals surface area contributed by atoms with Crippen LogP contribution in [0.3, 0.4) is 0 Å². The SMILES string of the molecule is COC(=O)c1ccncc1NCC1c2ccc(-c3ccccc3C)cc2CN1C(=O)OC(C)(C)C. The van der Waals surface area contributed by atoms with E-state index in [1.54, 1.807) is 23.4 Å². The van der Waals surface area contributed by atoms with Gasteiger partial charge in [0.05, 0.1) is 37.1 Å². The van der Waals surface area contributed by atoms with Crippen molar-refractivity contribution in [2.75, 3.05) is 19.0 Å². The fraction of sp³-hybridized carbons (Fsp3) is 0.321. The van der Waals surface area contributed by atoms with E-state index in [0.717, 1.165) is 16.7 Å². The Bertz CT molecular complexity index is 1250. The number of aromatic nitrogens is 1. The average molecular weight is 474 g/mol. The van der Waals surface area contributed by atoms with E-state index >= 15 is 0 Å². The van der Waals surface area contributed by atoms with Gasteiger partial charge in [0.15, 0.2) is 0 Å². The number of aryl methyl sites for hydroxylation is 1. The summed E-state index contributed by atoms with van der Waals surface area (Å²) in [4.78, 5) is 31.2. The minimum absolute atomic E-state index is 0.281. The second kappa shape index (κ2) is 9.78. The predicted molar refractivity (Wildman–Crippen MR) is 135 cm³/mol. The third-order valence-corrected chi connectivity index (χ3v) is 6.02. The molecule has 0 saturated carbocycles. The van der Waals surface area contributed by atoms with Gasteiger partial charge >= 0.3 is 12.1 Å². The summed E-state index contributed by atoms with van der Waals surface area (Å²) in [6, 6.07) is 15.9. The fourth-order valence-corrected chi connectivity index (χ4v) is 4.36. The quantitative estimate of drug-likeness (QED) is 0.476. The van der Waals surface area contributed by atoms with Crippen LogP contribution < -0.4 is 5.32 Å². The molecule has 1 atom stereocenters. The van der Waals surface area contributed by atoms with Crippen LogP contribution in [0.1, 0.15) is 53.9 Å². The molecule has 1 aromatic heterocycles. The minimum Gasteiger partial charge on any atom is -0.465 e. The maximum atomic E-state index is 13.2. The van der Waals surface area contributed by atoms with Crippen molar-refractivity contribution in [1.29, 1.82) is 0 Å². The molecular formula is C28H31N3O4. The van der Waals surface area contributed by atoms with Crippen LogP contribution in [-0.4, -0.2) is 41.2 Å². The normalized spacial score (nSPS) is 14.9. The second-order valence-electron chi connectivity index (χ2n) is 9.65. The smallest absolute Gasteiger partial charge is 0.411 e. The molecule has 0 aliphatic carbocycles. The van der Waals surface area contributed by atoms with Crippen molar-refractivity contribution in [3.63, 3.8) is 0 Å². The summed E-state index contributed by atoms with van der Waals surface area (Å²) in [5, 5.41) is 3.30. The Kier molecular flexibility index (Phi) is 6.78. The van der Waals surface area contributed by atoms with E-state index in [9.17, 15) is 9.59 Å². The first-order valence-corrected chi connectivity index (χ1v) is 11.6. The lowest BCUT2D eigenvalue weighted by Gasteiger charge is -2.29. The monoisotopic (exact) mass is 473 g/mol. The molecule has 1 N–H and O–H groups in total. The molecule has 7 nitrogen and oxygen atoms in total.